The van der Waals surface area contributed by atoms with E-state index >= 15 is 0 Å². The van der Waals surface area contributed by atoms with Gasteiger partial charge in [-0.25, -0.2) is 0 Å². The van der Waals surface area contributed by atoms with Gasteiger partial charge >= 0.3 is 5.97 Å². The molecular formula is C33H46O9. The second-order valence-electron chi connectivity index (χ2n) is 13.4. The quantitative estimate of drug-likeness (QED) is 0.313. The monoisotopic (exact) mass is 586 g/mol. The number of rotatable bonds is 1. The fourth-order valence-electron chi connectivity index (χ4n) is 7.30. The number of fused-ring (bicyclic) bond motifs is 2. The van der Waals surface area contributed by atoms with Gasteiger partial charge in [0.25, 0.3) is 0 Å². The van der Waals surface area contributed by atoms with Crippen LogP contribution in [-0.2, 0) is 28.5 Å². The summed E-state index contributed by atoms with van der Waals surface area (Å²) < 4.78 is 25.1. The first-order valence-electron chi connectivity index (χ1n) is 15.3. The zero-order valence-corrected chi connectivity index (χ0v) is 25.5. The van der Waals surface area contributed by atoms with E-state index in [0.29, 0.717) is 24.0 Å². The van der Waals surface area contributed by atoms with E-state index in [0.717, 1.165) is 5.57 Å². The molecule has 11 atom stereocenters. The normalized spacial score (nSPS) is 48.0. The van der Waals surface area contributed by atoms with Crippen molar-refractivity contribution >= 4 is 11.8 Å². The molecule has 232 valence electrons. The minimum atomic E-state index is -1.90. The van der Waals surface area contributed by atoms with Crippen LogP contribution in [0.5, 0.6) is 0 Å². The van der Waals surface area contributed by atoms with Crippen LogP contribution in [0.1, 0.15) is 67.2 Å². The van der Waals surface area contributed by atoms with Crippen molar-refractivity contribution in [1.29, 1.82) is 0 Å². The number of aliphatic hydroxyl groups is 3. The summed E-state index contributed by atoms with van der Waals surface area (Å²) in [5.74, 6) is -3.54. The molecule has 0 amide bonds. The molecule has 1 aliphatic carbocycles. The first-order valence-corrected chi connectivity index (χ1v) is 15.3. The van der Waals surface area contributed by atoms with Gasteiger partial charge in [-0.3, -0.25) is 9.59 Å². The van der Waals surface area contributed by atoms with Gasteiger partial charge in [-0.15, -0.1) is 0 Å². The number of ether oxygens (including phenoxy) is 4. The van der Waals surface area contributed by atoms with Gasteiger partial charge < -0.3 is 34.3 Å². The average molecular weight is 587 g/mol. The second-order valence-corrected chi connectivity index (χ2v) is 13.4. The summed E-state index contributed by atoms with van der Waals surface area (Å²) in [7, 11) is 0. The Kier molecular flexibility index (Phi) is 8.75. The molecule has 9 nitrogen and oxygen atoms in total. The van der Waals surface area contributed by atoms with Gasteiger partial charge in [0, 0.05) is 31.1 Å². The molecule has 3 saturated heterocycles. The molecule has 0 aromatic carbocycles. The molecular weight excluding hydrogens is 540 g/mol. The summed E-state index contributed by atoms with van der Waals surface area (Å²) in [6, 6.07) is 0. The highest BCUT2D eigenvalue weighted by Crippen LogP contribution is 2.47. The van der Waals surface area contributed by atoms with Crippen LogP contribution in [-0.4, -0.2) is 81.7 Å². The maximum absolute atomic E-state index is 13.9. The molecule has 5 rings (SSSR count). The fraction of sp³-hybridized carbons (Fsp3) is 0.697. The van der Waals surface area contributed by atoms with E-state index in [1.807, 2.05) is 46.8 Å². The van der Waals surface area contributed by atoms with E-state index in [-0.39, 0.29) is 49.1 Å². The van der Waals surface area contributed by atoms with E-state index in [1.54, 1.807) is 19.1 Å². The Labute approximate surface area is 248 Å². The van der Waals surface area contributed by atoms with Gasteiger partial charge in [-0.05, 0) is 42.9 Å². The van der Waals surface area contributed by atoms with Crippen molar-refractivity contribution in [1.82, 2.24) is 0 Å². The average Bonchev–Trinajstić information content (AvgIpc) is 3.27. The molecule has 0 aromatic rings. The Morgan fingerprint density at radius 2 is 1.79 bits per heavy atom. The highest BCUT2D eigenvalue weighted by molar-refractivity contribution is 6.03. The van der Waals surface area contributed by atoms with E-state index in [4.69, 9.17) is 18.9 Å². The highest BCUT2D eigenvalue weighted by atomic mass is 16.7. The number of ketones is 1. The van der Waals surface area contributed by atoms with Crippen molar-refractivity contribution in [3.8, 4) is 0 Å². The Morgan fingerprint density at radius 3 is 2.50 bits per heavy atom. The number of carbonyl (C=O) groups is 2. The predicted octanol–water partition coefficient (Wildman–Crippen LogP) is 3.32. The third-order valence-corrected chi connectivity index (χ3v) is 9.85. The maximum atomic E-state index is 13.9. The van der Waals surface area contributed by atoms with Crippen LogP contribution in [0.4, 0.5) is 0 Å². The Morgan fingerprint density at radius 1 is 1.05 bits per heavy atom. The maximum Gasteiger partial charge on any atom is 0.316 e. The molecule has 0 saturated carbocycles. The molecule has 42 heavy (non-hydrogen) atoms. The molecule has 4 heterocycles. The smallest absolute Gasteiger partial charge is 0.316 e. The topological polar surface area (TPSA) is 132 Å². The molecule has 1 spiro atoms. The minimum Gasteiger partial charge on any atom is -0.462 e. The molecule has 0 radical (unpaired) electrons. The lowest BCUT2D eigenvalue weighted by molar-refractivity contribution is -0.353. The number of aliphatic hydroxyl groups excluding tert-OH is 2. The summed E-state index contributed by atoms with van der Waals surface area (Å²) in [5.41, 5.74) is -0.380. The standard InChI is InChI=1S/C33H46O9/c1-17(2)29-21(6)26(34)15-32(42-29)14-24-13-23(41-32)11-10-19(4)27(35)18(3)8-7-9-22-16-39-30-28(36)20(5)12-25(31(37)40-24)33(22,30)38/h7-10,12,17-18,21,23-27,29-30,34-35,38H,11,13-16H2,1-6H3/b8-7+,19-10+,22-9+/t18-,21-,23+,24-,25-,26-,27-,29+,30+,32-,33+/m0/s1. The van der Waals surface area contributed by atoms with Gasteiger partial charge in [0.2, 0.25) is 0 Å². The molecule has 4 aliphatic heterocycles. The number of hydrogen-bond donors (Lipinski definition) is 3. The first-order chi connectivity index (χ1) is 19.8. The number of esters is 1. The van der Waals surface area contributed by atoms with Gasteiger partial charge in [0.05, 0.1) is 31.0 Å². The lowest BCUT2D eigenvalue weighted by atomic mass is 9.71. The summed E-state index contributed by atoms with van der Waals surface area (Å²) >= 11 is 0. The van der Waals surface area contributed by atoms with Crippen LogP contribution < -0.4 is 0 Å². The summed E-state index contributed by atoms with van der Waals surface area (Å²) in [6.07, 6.45) is 6.03. The number of hydrogen-bond acceptors (Lipinski definition) is 9. The van der Waals surface area contributed by atoms with E-state index in [9.17, 15) is 24.9 Å². The third-order valence-electron chi connectivity index (χ3n) is 9.85. The first kappa shape index (κ1) is 31.3. The van der Waals surface area contributed by atoms with Crippen molar-refractivity contribution < 1.29 is 43.9 Å². The molecule has 2 bridgehead atoms. The van der Waals surface area contributed by atoms with Gasteiger partial charge in [-0.1, -0.05) is 58.1 Å². The zero-order valence-electron chi connectivity index (χ0n) is 25.5. The second kappa shape index (κ2) is 11.7. The van der Waals surface area contributed by atoms with Crippen LogP contribution in [0, 0.1) is 23.7 Å². The van der Waals surface area contributed by atoms with Gasteiger partial charge in [0.15, 0.2) is 17.7 Å². The van der Waals surface area contributed by atoms with Crippen molar-refractivity contribution in [3.05, 3.63) is 47.1 Å². The summed E-state index contributed by atoms with van der Waals surface area (Å²) in [6.45, 7) is 11.4. The van der Waals surface area contributed by atoms with Crippen molar-refractivity contribution in [2.24, 2.45) is 23.7 Å². The summed E-state index contributed by atoms with van der Waals surface area (Å²) in [4.78, 5) is 26.9. The van der Waals surface area contributed by atoms with Gasteiger partial charge in [-0.2, -0.15) is 0 Å². The van der Waals surface area contributed by atoms with E-state index < -0.39 is 53.8 Å². The van der Waals surface area contributed by atoms with Crippen molar-refractivity contribution in [3.63, 3.8) is 0 Å². The van der Waals surface area contributed by atoms with Crippen molar-refractivity contribution in [2.45, 2.75) is 115 Å². The molecule has 5 aliphatic rings. The third kappa shape index (κ3) is 5.60. The van der Waals surface area contributed by atoms with Gasteiger partial charge in [0.1, 0.15) is 17.6 Å². The molecule has 3 fully saturated rings. The predicted molar refractivity (Wildman–Crippen MR) is 154 cm³/mol. The van der Waals surface area contributed by atoms with Crippen LogP contribution in [0.3, 0.4) is 0 Å². The highest BCUT2D eigenvalue weighted by Gasteiger charge is 2.60. The number of allylic oxidation sites excluding steroid dienone is 2. The Bertz CT molecular complexity index is 1200. The van der Waals surface area contributed by atoms with Crippen LogP contribution in [0.2, 0.25) is 0 Å². The minimum absolute atomic E-state index is 0.0129. The molecule has 0 aromatic heterocycles. The lowest BCUT2D eigenvalue weighted by Gasteiger charge is -2.52. The SMILES string of the molecule is CC1=C[C@H]2C(=O)O[C@H]3C[C@@H](C/C=C(\C)[C@@H](O)[C@@H](C)/C=C/C=C4\CO[C@H](C1=O)[C@@]42O)O[C@]1(C3)C[C@H](O)[C@H](C)[C@@H](C(C)C)O1. The van der Waals surface area contributed by atoms with E-state index in [1.165, 1.54) is 6.08 Å². The molecule has 9 heteroatoms. The summed E-state index contributed by atoms with van der Waals surface area (Å²) in [5, 5.41) is 34.1. The molecule has 0 unspecified atom stereocenters. The van der Waals surface area contributed by atoms with Crippen LogP contribution >= 0.6 is 0 Å². The molecule has 3 N–H and O–H groups in total. The fourth-order valence-corrected chi connectivity index (χ4v) is 7.30. The largest absolute Gasteiger partial charge is 0.462 e. The number of Topliss-reactive ketones (excluding diaryl/α,β-unsaturated/α-hetero) is 1. The lowest BCUT2D eigenvalue weighted by Crippen LogP contribution is -2.59. The zero-order chi connectivity index (χ0) is 30.6. The Hall–Kier alpha value is -2.14. The van der Waals surface area contributed by atoms with E-state index in [2.05, 4.69) is 0 Å². The number of carbonyl (C=O) groups excluding carboxylic acids is 2. The van der Waals surface area contributed by atoms with Crippen LogP contribution in [0.25, 0.3) is 0 Å². The van der Waals surface area contributed by atoms with Crippen molar-refractivity contribution in [2.75, 3.05) is 6.61 Å². The van der Waals surface area contributed by atoms with Crippen LogP contribution in [0.15, 0.2) is 47.1 Å². The Balaban J connectivity index is 1.55.